The SMILES string of the molecule is CCC(=O)CCCCC[C@H](NC(=O)Cc1ccc(Cl)cc1Cl)c1ncc(-c2ccc3ccccc3c2)[nH]1. The zero-order valence-electron chi connectivity index (χ0n) is 20.9. The van der Waals surface area contributed by atoms with Crippen LogP contribution in [0.5, 0.6) is 0 Å². The van der Waals surface area contributed by atoms with Crippen molar-refractivity contribution in [3.63, 3.8) is 0 Å². The number of unbranched alkanes of at least 4 members (excludes halogenated alkanes) is 2. The minimum Gasteiger partial charge on any atom is -0.346 e. The molecule has 0 bridgehead atoms. The van der Waals surface area contributed by atoms with Gasteiger partial charge in [-0.05, 0) is 47.4 Å². The van der Waals surface area contributed by atoms with Crippen molar-refractivity contribution >= 4 is 45.7 Å². The van der Waals surface area contributed by atoms with Crippen LogP contribution >= 0.6 is 23.2 Å². The number of imidazole rings is 1. The number of Topliss-reactive ketones (excluding diaryl/α,β-unsaturated/α-hetero) is 1. The highest BCUT2D eigenvalue weighted by molar-refractivity contribution is 6.35. The molecule has 2 N–H and O–H groups in total. The number of nitrogens with zero attached hydrogens (tertiary/aromatic N) is 1. The average molecular weight is 537 g/mol. The highest BCUT2D eigenvalue weighted by Gasteiger charge is 2.19. The van der Waals surface area contributed by atoms with Gasteiger partial charge in [0.05, 0.1) is 24.4 Å². The third kappa shape index (κ3) is 7.43. The number of H-pyrrole nitrogens is 1. The van der Waals surface area contributed by atoms with Gasteiger partial charge in [0.1, 0.15) is 11.6 Å². The predicted molar refractivity (Wildman–Crippen MR) is 151 cm³/mol. The van der Waals surface area contributed by atoms with Crippen LogP contribution in [0.2, 0.25) is 10.0 Å². The van der Waals surface area contributed by atoms with E-state index in [0.717, 1.165) is 41.5 Å². The maximum absolute atomic E-state index is 13.0. The monoisotopic (exact) mass is 535 g/mol. The molecule has 0 unspecified atom stereocenters. The number of fused-ring (bicyclic) bond motifs is 1. The fraction of sp³-hybridized carbons (Fsp3) is 0.300. The summed E-state index contributed by atoms with van der Waals surface area (Å²) in [5, 5.41) is 6.47. The molecule has 7 heteroatoms. The number of nitrogens with one attached hydrogen (secondary N) is 2. The maximum Gasteiger partial charge on any atom is 0.225 e. The summed E-state index contributed by atoms with van der Waals surface area (Å²) in [5.41, 5.74) is 2.65. The molecule has 0 saturated carbocycles. The predicted octanol–water partition coefficient (Wildman–Crippen LogP) is 7.87. The molecule has 3 aromatic carbocycles. The molecule has 4 rings (SSSR count). The third-order valence-corrected chi connectivity index (χ3v) is 7.12. The van der Waals surface area contributed by atoms with Gasteiger partial charge in [0.25, 0.3) is 0 Å². The van der Waals surface area contributed by atoms with Crippen molar-refractivity contribution in [3.05, 3.63) is 88.3 Å². The van der Waals surface area contributed by atoms with E-state index in [1.165, 1.54) is 5.39 Å². The van der Waals surface area contributed by atoms with Crippen LogP contribution in [0.1, 0.15) is 62.9 Å². The summed E-state index contributed by atoms with van der Waals surface area (Å²) in [6, 6.07) is 19.4. The molecule has 1 aromatic heterocycles. The lowest BCUT2D eigenvalue weighted by Gasteiger charge is -2.17. The van der Waals surface area contributed by atoms with Gasteiger partial charge in [0, 0.05) is 28.5 Å². The molecule has 0 saturated heterocycles. The number of amides is 1. The van der Waals surface area contributed by atoms with E-state index in [4.69, 9.17) is 23.2 Å². The molecule has 0 aliphatic heterocycles. The molecule has 4 aromatic rings. The quantitative estimate of drug-likeness (QED) is 0.181. The van der Waals surface area contributed by atoms with E-state index in [2.05, 4.69) is 45.6 Å². The first-order valence-electron chi connectivity index (χ1n) is 12.7. The fourth-order valence-electron chi connectivity index (χ4n) is 4.40. The Balaban J connectivity index is 1.48. The van der Waals surface area contributed by atoms with Gasteiger partial charge in [-0.25, -0.2) is 4.98 Å². The molecule has 1 amide bonds. The van der Waals surface area contributed by atoms with Gasteiger partial charge in [0.15, 0.2) is 0 Å². The van der Waals surface area contributed by atoms with Crippen molar-refractivity contribution in [2.75, 3.05) is 0 Å². The Morgan fingerprint density at radius 1 is 0.973 bits per heavy atom. The van der Waals surface area contributed by atoms with E-state index in [1.54, 1.807) is 18.2 Å². The zero-order valence-corrected chi connectivity index (χ0v) is 22.4. The molecule has 5 nitrogen and oxygen atoms in total. The highest BCUT2D eigenvalue weighted by Crippen LogP contribution is 2.26. The van der Waals surface area contributed by atoms with E-state index in [1.807, 2.05) is 25.3 Å². The Morgan fingerprint density at radius 2 is 1.78 bits per heavy atom. The standard InChI is InChI=1S/C30H31Cl2N3O2/c1-2-25(36)10-4-3-5-11-27(34-29(37)17-22-14-15-24(31)18-26(22)32)30-33-19-28(35-30)23-13-12-20-8-6-7-9-21(20)16-23/h6-9,12-16,18-19,27H,2-5,10-11,17H2,1H3,(H,33,35)(H,34,37)/t27-/m0/s1. The van der Waals surface area contributed by atoms with Gasteiger partial charge < -0.3 is 10.3 Å². The lowest BCUT2D eigenvalue weighted by atomic mass is 10.0. The second-order valence-electron chi connectivity index (χ2n) is 9.27. The minimum absolute atomic E-state index is 0.140. The summed E-state index contributed by atoms with van der Waals surface area (Å²) in [6.45, 7) is 1.89. The molecular formula is C30H31Cl2N3O2. The van der Waals surface area contributed by atoms with Crippen LogP contribution in [0.25, 0.3) is 22.0 Å². The molecule has 0 aliphatic carbocycles. The van der Waals surface area contributed by atoms with E-state index >= 15 is 0 Å². The first kappa shape index (κ1) is 26.9. The number of rotatable bonds is 12. The number of carbonyl (C=O) groups excluding carboxylic acids is 2. The van der Waals surface area contributed by atoms with Crippen LogP contribution in [0.3, 0.4) is 0 Å². The van der Waals surface area contributed by atoms with Crippen molar-refractivity contribution in [1.29, 1.82) is 0 Å². The lowest BCUT2D eigenvalue weighted by molar-refractivity contribution is -0.121. The van der Waals surface area contributed by atoms with Crippen LogP contribution in [0.15, 0.2) is 66.9 Å². The van der Waals surface area contributed by atoms with Crippen LogP contribution < -0.4 is 5.32 Å². The lowest BCUT2D eigenvalue weighted by Crippen LogP contribution is -2.30. The Labute approximate surface area is 227 Å². The topological polar surface area (TPSA) is 74.8 Å². The van der Waals surface area contributed by atoms with Crippen LogP contribution in [0.4, 0.5) is 0 Å². The van der Waals surface area contributed by atoms with Crippen LogP contribution in [-0.2, 0) is 16.0 Å². The Hall–Kier alpha value is -3.15. The van der Waals surface area contributed by atoms with E-state index in [-0.39, 0.29) is 24.2 Å². The van der Waals surface area contributed by atoms with Crippen molar-refractivity contribution in [2.45, 2.75) is 57.9 Å². The van der Waals surface area contributed by atoms with Gasteiger partial charge in [0.2, 0.25) is 5.91 Å². The maximum atomic E-state index is 13.0. The number of aromatic amines is 1. The number of carbonyl (C=O) groups is 2. The molecule has 0 radical (unpaired) electrons. The van der Waals surface area contributed by atoms with Crippen LogP contribution in [-0.4, -0.2) is 21.7 Å². The molecule has 37 heavy (non-hydrogen) atoms. The minimum atomic E-state index is -0.283. The molecule has 192 valence electrons. The summed E-state index contributed by atoms with van der Waals surface area (Å²) in [7, 11) is 0. The van der Waals surface area contributed by atoms with Crippen molar-refractivity contribution in [3.8, 4) is 11.3 Å². The van der Waals surface area contributed by atoms with Crippen LogP contribution in [0, 0.1) is 0 Å². The Morgan fingerprint density at radius 3 is 2.57 bits per heavy atom. The van der Waals surface area contributed by atoms with E-state index in [9.17, 15) is 9.59 Å². The number of aromatic nitrogens is 2. The van der Waals surface area contributed by atoms with Gasteiger partial charge >= 0.3 is 0 Å². The first-order chi connectivity index (χ1) is 17.9. The van der Waals surface area contributed by atoms with Gasteiger partial charge in [-0.15, -0.1) is 0 Å². The van der Waals surface area contributed by atoms with Crippen molar-refractivity contribution in [2.24, 2.45) is 0 Å². The molecule has 1 atom stereocenters. The van der Waals surface area contributed by atoms with E-state index in [0.29, 0.717) is 35.1 Å². The van der Waals surface area contributed by atoms with Gasteiger partial charge in [-0.2, -0.15) is 0 Å². The summed E-state index contributed by atoms with van der Waals surface area (Å²) in [5.74, 6) is 0.859. The zero-order chi connectivity index (χ0) is 26.2. The number of halogens is 2. The number of hydrogen-bond acceptors (Lipinski definition) is 3. The Kier molecular flexibility index (Phi) is 9.37. The summed E-state index contributed by atoms with van der Waals surface area (Å²) in [6.07, 6.45) is 6.50. The van der Waals surface area contributed by atoms with E-state index < -0.39 is 0 Å². The van der Waals surface area contributed by atoms with Crippen molar-refractivity contribution < 1.29 is 9.59 Å². The molecule has 0 aliphatic rings. The second kappa shape index (κ2) is 12.9. The Bertz CT molecular complexity index is 1380. The smallest absolute Gasteiger partial charge is 0.225 e. The highest BCUT2D eigenvalue weighted by atomic mass is 35.5. The number of ketones is 1. The second-order valence-corrected chi connectivity index (χ2v) is 10.1. The summed E-state index contributed by atoms with van der Waals surface area (Å²) < 4.78 is 0. The first-order valence-corrected chi connectivity index (χ1v) is 13.5. The van der Waals surface area contributed by atoms with Gasteiger partial charge in [-0.1, -0.05) is 85.4 Å². The molecular weight excluding hydrogens is 505 g/mol. The third-order valence-electron chi connectivity index (χ3n) is 6.53. The number of hydrogen-bond donors (Lipinski definition) is 2. The van der Waals surface area contributed by atoms with Crippen molar-refractivity contribution in [1.82, 2.24) is 15.3 Å². The normalized spacial score (nSPS) is 12.0. The largest absolute Gasteiger partial charge is 0.346 e. The summed E-state index contributed by atoms with van der Waals surface area (Å²) >= 11 is 12.3. The summed E-state index contributed by atoms with van der Waals surface area (Å²) in [4.78, 5) is 32.7. The molecule has 0 spiro atoms. The average Bonchev–Trinajstić information content (AvgIpc) is 3.39. The molecule has 0 fully saturated rings. The number of benzene rings is 3. The molecule has 1 heterocycles. The fourth-order valence-corrected chi connectivity index (χ4v) is 4.88. The van der Waals surface area contributed by atoms with Gasteiger partial charge in [-0.3, -0.25) is 9.59 Å².